The topological polar surface area (TPSA) is 65.1 Å². The van der Waals surface area contributed by atoms with Crippen molar-refractivity contribution in [2.45, 2.75) is 39.6 Å². The number of carbonyl (C=O) groups is 2. The normalized spacial score (nSPS) is 15.3. The average Bonchev–Trinajstić information content (AvgIpc) is 2.98. The van der Waals surface area contributed by atoms with Crippen LogP contribution in [0.1, 0.15) is 31.4 Å². The highest BCUT2D eigenvalue weighted by Gasteiger charge is 2.27. The fourth-order valence-corrected chi connectivity index (χ4v) is 3.53. The highest BCUT2D eigenvalue weighted by Crippen LogP contribution is 2.16. The second-order valence-electron chi connectivity index (χ2n) is 7.77. The SMILES string of the molecule is CCN(CC)C(=O)CN1CCCN(C(=O)NCc2ccc(COCC(F)(F)F)cc2)CC1. The number of nitrogens with zero attached hydrogens (tertiary/aromatic N) is 3. The fourth-order valence-electron chi connectivity index (χ4n) is 3.53. The first-order chi connectivity index (χ1) is 15.2. The molecule has 0 radical (unpaired) electrons. The van der Waals surface area contributed by atoms with Crippen LogP contribution in [0.3, 0.4) is 0 Å². The maximum absolute atomic E-state index is 12.6. The molecule has 3 amide bonds. The molecule has 0 saturated carbocycles. The lowest BCUT2D eigenvalue weighted by atomic mass is 10.1. The van der Waals surface area contributed by atoms with Crippen molar-refractivity contribution in [3.8, 4) is 0 Å². The number of urea groups is 1. The molecule has 0 spiro atoms. The van der Waals surface area contributed by atoms with Crippen LogP contribution in [0.4, 0.5) is 18.0 Å². The van der Waals surface area contributed by atoms with Crippen molar-refractivity contribution in [3.63, 3.8) is 0 Å². The molecule has 1 saturated heterocycles. The van der Waals surface area contributed by atoms with Gasteiger partial charge in [0.25, 0.3) is 0 Å². The molecular formula is C22H33F3N4O3. The number of benzene rings is 1. The van der Waals surface area contributed by atoms with Crippen LogP contribution in [0, 0.1) is 0 Å². The van der Waals surface area contributed by atoms with E-state index < -0.39 is 12.8 Å². The number of hydrogen-bond donors (Lipinski definition) is 1. The standard InChI is InChI=1S/C22H33F3N4O3/c1-3-28(4-2)20(30)15-27-10-5-11-29(13-12-27)21(31)26-14-18-6-8-19(9-7-18)16-32-17-22(23,24)25/h6-9H,3-5,10-17H2,1-2H3,(H,26,31). The minimum Gasteiger partial charge on any atom is -0.367 e. The molecule has 2 rings (SSSR count). The van der Waals surface area contributed by atoms with Crippen LogP contribution in [0.2, 0.25) is 0 Å². The van der Waals surface area contributed by atoms with Crippen molar-refractivity contribution in [3.05, 3.63) is 35.4 Å². The minimum absolute atomic E-state index is 0.111. The zero-order valence-electron chi connectivity index (χ0n) is 18.8. The summed E-state index contributed by atoms with van der Waals surface area (Å²) < 4.78 is 41.0. The van der Waals surface area contributed by atoms with Gasteiger partial charge in [-0.05, 0) is 31.4 Å². The van der Waals surface area contributed by atoms with Crippen LogP contribution in [-0.2, 0) is 22.7 Å². The first-order valence-electron chi connectivity index (χ1n) is 11.0. The van der Waals surface area contributed by atoms with E-state index in [1.165, 1.54) is 0 Å². The van der Waals surface area contributed by atoms with Crippen LogP contribution < -0.4 is 5.32 Å². The van der Waals surface area contributed by atoms with Gasteiger partial charge < -0.3 is 19.9 Å². The molecule has 1 aromatic rings. The predicted molar refractivity (Wildman–Crippen MR) is 115 cm³/mol. The van der Waals surface area contributed by atoms with Crippen molar-refractivity contribution >= 4 is 11.9 Å². The molecule has 0 aliphatic carbocycles. The lowest BCUT2D eigenvalue weighted by molar-refractivity contribution is -0.176. The Hall–Kier alpha value is -2.33. The number of likely N-dealkylation sites (N-methyl/N-ethyl adjacent to an activating group) is 1. The molecule has 0 bridgehead atoms. The van der Waals surface area contributed by atoms with Gasteiger partial charge in [0.1, 0.15) is 6.61 Å². The number of halogens is 3. The second kappa shape index (κ2) is 12.6. The Balaban J connectivity index is 1.74. The summed E-state index contributed by atoms with van der Waals surface area (Å²) in [6.45, 7) is 7.20. The maximum atomic E-state index is 12.6. The van der Waals surface area contributed by atoms with Gasteiger partial charge in [0.05, 0.1) is 13.2 Å². The summed E-state index contributed by atoms with van der Waals surface area (Å²) in [7, 11) is 0. The molecule has 1 aliphatic rings. The molecule has 0 atom stereocenters. The van der Waals surface area contributed by atoms with Gasteiger partial charge in [0.15, 0.2) is 0 Å². The lowest BCUT2D eigenvalue weighted by Crippen LogP contribution is -2.43. The molecule has 1 aliphatic heterocycles. The quantitative estimate of drug-likeness (QED) is 0.618. The first kappa shape index (κ1) is 25.9. The Kier molecular flexibility index (Phi) is 10.2. The average molecular weight is 459 g/mol. The van der Waals surface area contributed by atoms with Crippen LogP contribution in [0.5, 0.6) is 0 Å². The minimum atomic E-state index is -4.34. The van der Waals surface area contributed by atoms with Gasteiger partial charge in [0.2, 0.25) is 5.91 Å². The van der Waals surface area contributed by atoms with Gasteiger partial charge in [-0.2, -0.15) is 13.2 Å². The summed E-state index contributed by atoms with van der Waals surface area (Å²) in [6, 6.07) is 6.73. The predicted octanol–water partition coefficient (Wildman–Crippen LogP) is 2.85. The molecule has 180 valence electrons. The summed E-state index contributed by atoms with van der Waals surface area (Å²) in [6.07, 6.45) is -3.54. The van der Waals surface area contributed by atoms with Crippen molar-refractivity contribution < 1.29 is 27.5 Å². The zero-order valence-corrected chi connectivity index (χ0v) is 18.8. The molecule has 10 heteroatoms. The maximum Gasteiger partial charge on any atom is 0.411 e. The van der Waals surface area contributed by atoms with E-state index in [2.05, 4.69) is 15.0 Å². The summed E-state index contributed by atoms with van der Waals surface area (Å²) in [5.41, 5.74) is 1.48. The largest absolute Gasteiger partial charge is 0.411 e. The van der Waals surface area contributed by atoms with E-state index in [0.29, 0.717) is 51.4 Å². The lowest BCUT2D eigenvalue weighted by Gasteiger charge is -2.25. The van der Waals surface area contributed by atoms with E-state index in [9.17, 15) is 22.8 Å². The van der Waals surface area contributed by atoms with Gasteiger partial charge in [-0.3, -0.25) is 9.69 Å². The zero-order chi connectivity index (χ0) is 23.6. The Morgan fingerprint density at radius 2 is 1.69 bits per heavy atom. The number of nitrogens with one attached hydrogen (secondary N) is 1. The Morgan fingerprint density at radius 1 is 1.03 bits per heavy atom. The van der Waals surface area contributed by atoms with Gasteiger partial charge in [0, 0.05) is 45.8 Å². The number of amides is 3. The van der Waals surface area contributed by atoms with Crippen LogP contribution in [0.15, 0.2) is 24.3 Å². The van der Waals surface area contributed by atoms with E-state index in [4.69, 9.17) is 0 Å². The van der Waals surface area contributed by atoms with Crippen LogP contribution >= 0.6 is 0 Å². The van der Waals surface area contributed by atoms with Gasteiger partial charge in [-0.1, -0.05) is 24.3 Å². The van der Waals surface area contributed by atoms with E-state index >= 15 is 0 Å². The summed E-state index contributed by atoms with van der Waals surface area (Å²) in [5.74, 6) is 0.111. The third kappa shape index (κ3) is 9.04. The molecule has 1 N–H and O–H groups in total. The van der Waals surface area contributed by atoms with Crippen molar-refractivity contribution in [2.75, 3.05) is 52.4 Å². The van der Waals surface area contributed by atoms with Crippen LogP contribution in [0.25, 0.3) is 0 Å². The molecule has 0 aromatic heterocycles. The molecule has 32 heavy (non-hydrogen) atoms. The number of hydrogen-bond acceptors (Lipinski definition) is 4. The molecule has 0 unspecified atom stereocenters. The van der Waals surface area contributed by atoms with Crippen molar-refractivity contribution in [1.29, 1.82) is 0 Å². The Labute approximate surface area is 187 Å². The van der Waals surface area contributed by atoms with Gasteiger partial charge in [-0.15, -0.1) is 0 Å². The molecule has 7 nitrogen and oxygen atoms in total. The summed E-state index contributed by atoms with van der Waals surface area (Å²) >= 11 is 0. The number of carbonyl (C=O) groups excluding carboxylic acids is 2. The highest BCUT2D eigenvalue weighted by atomic mass is 19.4. The Morgan fingerprint density at radius 3 is 2.31 bits per heavy atom. The Bertz CT molecular complexity index is 724. The van der Waals surface area contributed by atoms with Crippen molar-refractivity contribution in [1.82, 2.24) is 20.0 Å². The summed E-state index contributed by atoms with van der Waals surface area (Å²) in [4.78, 5) is 30.5. The first-order valence-corrected chi connectivity index (χ1v) is 11.0. The second-order valence-corrected chi connectivity index (χ2v) is 7.77. The van der Waals surface area contributed by atoms with Crippen molar-refractivity contribution in [2.24, 2.45) is 0 Å². The van der Waals surface area contributed by atoms with E-state index in [1.54, 1.807) is 29.2 Å². The fraction of sp³-hybridized carbons (Fsp3) is 0.636. The molecular weight excluding hydrogens is 425 g/mol. The number of ether oxygens (including phenoxy) is 1. The van der Waals surface area contributed by atoms with Gasteiger partial charge >= 0.3 is 12.2 Å². The monoisotopic (exact) mass is 458 g/mol. The molecule has 1 heterocycles. The smallest absolute Gasteiger partial charge is 0.367 e. The third-order valence-electron chi connectivity index (χ3n) is 5.35. The highest BCUT2D eigenvalue weighted by molar-refractivity contribution is 5.78. The molecule has 1 aromatic carbocycles. The van der Waals surface area contributed by atoms with E-state index in [0.717, 1.165) is 18.5 Å². The third-order valence-corrected chi connectivity index (χ3v) is 5.35. The van der Waals surface area contributed by atoms with E-state index in [1.807, 2.05) is 18.7 Å². The number of rotatable bonds is 9. The summed E-state index contributed by atoms with van der Waals surface area (Å²) in [5, 5.41) is 2.88. The number of alkyl halides is 3. The van der Waals surface area contributed by atoms with Gasteiger partial charge in [-0.25, -0.2) is 4.79 Å². The van der Waals surface area contributed by atoms with Crippen LogP contribution in [-0.4, -0.2) is 85.2 Å². The molecule has 1 fully saturated rings. The van der Waals surface area contributed by atoms with E-state index in [-0.39, 0.29) is 18.5 Å².